The number of benzene rings is 6. The van der Waals surface area contributed by atoms with Gasteiger partial charge in [-0.15, -0.1) is 54.1 Å². The molecule has 10 rings (SSSR count). The molecular weight excluding hydrogens is 840 g/mol. The normalized spacial score (nSPS) is 11.3. The summed E-state index contributed by atoms with van der Waals surface area (Å²) < 4.78 is 13.1. The topological polar surface area (TPSA) is 48.2 Å². The second kappa shape index (κ2) is 15.7. The van der Waals surface area contributed by atoms with E-state index in [0.717, 1.165) is 50.2 Å². The molecule has 4 nitrogen and oxygen atoms in total. The molecule has 4 heterocycles. The van der Waals surface area contributed by atoms with Gasteiger partial charge in [-0.3, -0.25) is 0 Å². The van der Waals surface area contributed by atoms with E-state index < -0.39 is 0 Å². The van der Waals surface area contributed by atoms with Crippen LogP contribution in [-0.2, 0) is 20.1 Å². The molecule has 9 aromatic rings. The number of nitrogens with zero attached hydrogens (tertiary/aromatic N) is 2. The van der Waals surface area contributed by atoms with Crippen LogP contribution in [0.3, 0.4) is 0 Å². The summed E-state index contributed by atoms with van der Waals surface area (Å²) in [5, 5.41) is 1.00. The summed E-state index contributed by atoms with van der Waals surface area (Å²) in [5.74, 6) is 1.32. The molecule has 1 radical (unpaired) electrons. The van der Waals surface area contributed by atoms with Gasteiger partial charge in [-0.1, -0.05) is 138 Å². The van der Waals surface area contributed by atoms with Gasteiger partial charge in [0.2, 0.25) is 0 Å². The number of pyridine rings is 2. The summed E-state index contributed by atoms with van der Waals surface area (Å²) >= 11 is 0. The van der Waals surface area contributed by atoms with E-state index in [1.807, 2.05) is 78.9 Å². The van der Waals surface area contributed by atoms with Crippen molar-refractivity contribution in [3.8, 4) is 56.5 Å². The van der Waals surface area contributed by atoms with Gasteiger partial charge in [0.1, 0.15) is 5.75 Å². The Morgan fingerprint density at radius 2 is 1.13 bits per heavy atom. The molecule has 3 aromatic heterocycles. The van der Waals surface area contributed by atoms with Gasteiger partial charge in [0, 0.05) is 38.0 Å². The molecule has 259 valence electrons. The maximum Gasteiger partial charge on any atom is 0.274 e. The molecule has 6 aromatic carbocycles. The monoisotopic (exact) mass is 871 g/mol. The van der Waals surface area contributed by atoms with E-state index in [4.69, 9.17) is 9.15 Å². The largest absolute Gasteiger partial charge is 0.474 e. The van der Waals surface area contributed by atoms with E-state index in [1.165, 1.54) is 27.7 Å². The number of hydrogen-bond acceptors (Lipinski definition) is 4. The standard InChI is InChI=1S/C37H23BNO2.C11H8N.Ir/c1-3-13-25(14-4-1)27-17-11-18-28(26-15-5-2-6-16-26)34(27)38-31-21-7-8-23-33(31)40-37-35(38)30-20-12-19-29(36(30)41-37)32-22-9-10-24-39-32;1-2-6-10(7-3-1)11-8-4-5-9-12-11;/h1-18,20-24H;1-6,8-9H;/q2*-1;. The molecule has 0 saturated heterocycles. The van der Waals surface area contributed by atoms with Crippen LogP contribution < -0.4 is 21.1 Å². The van der Waals surface area contributed by atoms with E-state index in [1.54, 1.807) is 12.4 Å². The number of para-hydroxylation sites is 1. The molecule has 0 bridgehead atoms. The van der Waals surface area contributed by atoms with Crippen molar-refractivity contribution >= 4 is 34.1 Å². The Kier molecular flexibility index (Phi) is 10.1. The molecule has 54 heavy (non-hydrogen) atoms. The maximum absolute atomic E-state index is 6.58. The predicted molar refractivity (Wildman–Crippen MR) is 215 cm³/mol. The Morgan fingerprint density at radius 1 is 0.500 bits per heavy atom. The van der Waals surface area contributed by atoms with Crippen LogP contribution >= 0.6 is 0 Å². The molecule has 0 atom stereocenters. The fourth-order valence-corrected chi connectivity index (χ4v) is 7.17. The predicted octanol–water partition coefficient (Wildman–Crippen LogP) is 9.80. The fraction of sp³-hybridized carbons (Fsp3) is 0. The van der Waals surface area contributed by atoms with Gasteiger partial charge in [-0.2, -0.15) is 0 Å². The van der Waals surface area contributed by atoms with Crippen LogP contribution in [0.15, 0.2) is 193 Å². The fourth-order valence-electron chi connectivity index (χ4n) is 7.17. The molecule has 0 saturated carbocycles. The first-order valence-corrected chi connectivity index (χ1v) is 17.6. The molecule has 0 N–H and O–H groups in total. The third kappa shape index (κ3) is 6.70. The summed E-state index contributed by atoms with van der Waals surface area (Å²) in [5.41, 5.74) is 12.4. The molecule has 0 unspecified atom stereocenters. The average Bonchev–Trinajstić information content (AvgIpc) is 3.63. The number of fused-ring (bicyclic) bond motifs is 4. The van der Waals surface area contributed by atoms with Crippen molar-refractivity contribution in [2.75, 3.05) is 0 Å². The SMILES string of the molecule is [Ir].[c-]1ccc2c3c(oc2c1-c1ccccn1)Oc1ccccc1B3c1c(-c2ccccc2)cccc1-c1ccccc1.[c-]1ccccc1-c1ccccn1. The minimum Gasteiger partial charge on any atom is -0.474 e. The summed E-state index contributed by atoms with van der Waals surface area (Å²) in [7, 11) is 0. The Hall–Kier alpha value is -6.33. The van der Waals surface area contributed by atoms with Gasteiger partial charge in [-0.05, 0) is 57.3 Å². The first-order chi connectivity index (χ1) is 26.3. The van der Waals surface area contributed by atoms with E-state index in [9.17, 15) is 0 Å². The van der Waals surface area contributed by atoms with Crippen LogP contribution in [0.25, 0.3) is 55.7 Å². The molecule has 1 aliphatic rings. The molecule has 6 heteroatoms. The molecular formula is C48H31BIrN2O2-2. The Bertz CT molecular complexity index is 2540. The van der Waals surface area contributed by atoms with Crippen molar-refractivity contribution in [3.05, 3.63) is 200 Å². The van der Waals surface area contributed by atoms with Crippen molar-refractivity contribution in [3.63, 3.8) is 0 Å². The Labute approximate surface area is 328 Å². The zero-order valence-corrected chi connectivity index (χ0v) is 31.4. The minimum absolute atomic E-state index is 0. The summed E-state index contributed by atoms with van der Waals surface area (Å²) in [6.45, 7) is -0.137. The van der Waals surface area contributed by atoms with E-state index in [2.05, 4.69) is 119 Å². The van der Waals surface area contributed by atoms with Crippen molar-refractivity contribution in [1.82, 2.24) is 9.97 Å². The van der Waals surface area contributed by atoms with Crippen molar-refractivity contribution in [1.29, 1.82) is 0 Å². The minimum atomic E-state index is -0.137. The summed E-state index contributed by atoms with van der Waals surface area (Å²) in [6, 6.07) is 66.3. The van der Waals surface area contributed by atoms with E-state index >= 15 is 0 Å². The number of rotatable bonds is 5. The van der Waals surface area contributed by atoms with Crippen LogP contribution in [0.4, 0.5) is 0 Å². The summed E-state index contributed by atoms with van der Waals surface area (Å²) in [6.07, 6.45) is 3.58. The van der Waals surface area contributed by atoms with Gasteiger partial charge >= 0.3 is 0 Å². The zero-order valence-electron chi connectivity index (χ0n) is 29.0. The first kappa shape index (κ1) is 34.7. The van der Waals surface area contributed by atoms with Crippen LogP contribution in [0.1, 0.15) is 0 Å². The molecule has 0 spiro atoms. The number of hydrogen-bond donors (Lipinski definition) is 0. The first-order valence-electron chi connectivity index (χ1n) is 17.6. The number of furan rings is 1. The van der Waals surface area contributed by atoms with E-state index in [-0.39, 0.29) is 26.8 Å². The second-order valence-electron chi connectivity index (χ2n) is 12.7. The Balaban J connectivity index is 0.000000271. The summed E-state index contributed by atoms with van der Waals surface area (Å²) in [4.78, 5) is 8.82. The molecule has 0 amide bonds. The molecule has 0 fully saturated rings. The van der Waals surface area contributed by atoms with Crippen molar-refractivity contribution < 1.29 is 29.3 Å². The van der Waals surface area contributed by atoms with Crippen LogP contribution in [0, 0.1) is 12.1 Å². The van der Waals surface area contributed by atoms with E-state index in [0.29, 0.717) is 5.95 Å². The molecule has 0 aliphatic carbocycles. The van der Waals surface area contributed by atoms with Crippen LogP contribution in [0.2, 0.25) is 0 Å². The van der Waals surface area contributed by atoms with Crippen LogP contribution in [0.5, 0.6) is 11.7 Å². The van der Waals surface area contributed by atoms with Gasteiger partial charge in [-0.25, -0.2) is 0 Å². The van der Waals surface area contributed by atoms with Crippen molar-refractivity contribution in [2.45, 2.75) is 0 Å². The zero-order chi connectivity index (χ0) is 35.4. The second-order valence-corrected chi connectivity index (χ2v) is 12.7. The van der Waals surface area contributed by atoms with Crippen LogP contribution in [-0.4, -0.2) is 16.7 Å². The van der Waals surface area contributed by atoms with Crippen molar-refractivity contribution in [2.24, 2.45) is 0 Å². The maximum atomic E-state index is 6.58. The third-order valence-electron chi connectivity index (χ3n) is 9.51. The number of aromatic nitrogens is 2. The van der Waals surface area contributed by atoms with Gasteiger partial charge in [0.05, 0.1) is 5.58 Å². The number of ether oxygens (including phenoxy) is 1. The van der Waals surface area contributed by atoms with Gasteiger partial charge in [0.15, 0.2) is 0 Å². The smallest absolute Gasteiger partial charge is 0.274 e. The average molecular weight is 871 g/mol. The quantitative estimate of drug-likeness (QED) is 0.128. The van der Waals surface area contributed by atoms with Gasteiger partial charge < -0.3 is 19.1 Å². The molecule has 1 aliphatic heterocycles. The third-order valence-corrected chi connectivity index (χ3v) is 9.51. The van der Waals surface area contributed by atoms with Gasteiger partial charge in [0.25, 0.3) is 12.7 Å². The Morgan fingerprint density at radius 3 is 1.78 bits per heavy atom.